The third-order valence-electron chi connectivity index (χ3n) is 3.28. The van der Waals surface area contributed by atoms with E-state index < -0.39 is 4.92 Å². The largest absolute Gasteiger partial charge is 0.320 e. The first kappa shape index (κ1) is 13.5. The molecule has 1 aromatic carbocycles. The topological polar surface area (TPSA) is 75.5 Å². The SMILES string of the molecule is CNCCCN1C(=O)CCc2cc([N+](=O)[O-])ccc21. The van der Waals surface area contributed by atoms with E-state index in [9.17, 15) is 14.9 Å². The molecule has 0 spiro atoms. The second-order valence-corrected chi connectivity index (χ2v) is 4.57. The van der Waals surface area contributed by atoms with E-state index in [1.807, 2.05) is 7.05 Å². The summed E-state index contributed by atoms with van der Waals surface area (Å²) in [4.78, 5) is 24.0. The average Bonchev–Trinajstić information content (AvgIpc) is 2.40. The highest BCUT2D eigenvalue weighted by molar-refractivity contribution is 5.96. The van der Waals surface area contributed by atoms with Gasteiger partial charge < -0.3 is 10.2 Å². The lowest BCUT2D eigenvalue weighted by molar-refractivity contribution is -0.384. The number of anilines is 1. The van der Waals surface area contributed by atoms with E-state index in [2.05, 4.69) is 5.32 Å². The molecule has 19 heavy (non-hydrogen) atoms. The number of amides is 1. The Kier molecular flexibility index (Phi) is 4.11. The van der Waals surface area contributed by atoms with Crippen LogP contribution in [-0.4, -0.2) is 31.0 Å². The number of rotatable bonds is 5. The highest BCUT2D eigenvalue weighted by Gasteiger charge is 2.25. The molecule has 0 unspecified atom stereocenters. The number of aryl methyl sites for hydroxylation is 1. The van der Waals surface area contributed by atoms with Gasteiger partial charge in [0.15, 0.2) is 0 Å². The summed E-state index contributed by atoms with van der Waals surface area (Å²) in [6, 6.07) is 4.72. The van der Waals surface area contributed by atoms with Crippen LogP contribution in [-0.2, 0) is 11.2 Å². The van der Waals surface area contributed by atoms with Crippen LogP contribution in [0.5, 0.6) is 0 Å². The first-order valence-electron chi connectivity index (χ1n) is 6.36. The van der Waals surface area contributed by atoms with E-state index >= 15 is 0 Å². The molecule has 2 rings (SSSR count). The second-order valence-electron chi connectivity index (χ2n) is 4.57. The number of carbonyl (C=O) groups is 1. The van der Waals surface area contributed by atoms with Gasteiger partial charge in [-0.3, -0.25) is 14.9 Å². The Morgan fingerprint density at radius 3 is 2.89 bits per heavy atom. The summed E-state index contributed by atoms with van der Waals surface area (Å²) in [5.74, 6) is 0.0949. The van der Waals surface area contributed by atoms with Gasteiger partial charge in [-0.2, -0.15) is 0 Å². The number of nitro benzene ring substituents is 1. The van der Waals surface area contributed by atoms with E-state index in [4.69, 9.17) is 0 Å². The predicted molar refractivity (Wildman–Crippen MR) is 72.3 cm³/mol. The highest BCUT2D eigenvalue weighted by Crippen LogP contribution is 2.30. The molecule has 0 saturated heterocycles. The van der Waals surface area contributed by atoms with Gasteiger partial charge >= 0.3 is 0 Å². The Morgan fingerprint density at radius 1 is 1.42 bits per heavy atom. The number of carbonyl (C=O) groups excluding carboxylic acids is 1. The monoisotopic (exact) mass is 263 g/mol. The fourth-order valence-electron chi connectivity index (χ4n) is 2.32. The van der Waals surface area contributed by atoms with Crippen molar-refractivity contribution in [2.24, 2.45) is 0 Å². The van der Waals surface area contributed by atoms with Crippen molar-refractivity contribution < 1.29 is 9.72 Å². The summed E-state index contributed by atoms with van der Waals surface area (Å²) in [5, 5.41) is 13.8. The Bertz CT molecular complexity index is 502. The molecule has 1 aliphatic rings. The molecule has 0 radical (unpaired) electrons. The zero-order valence-electron chi connectivity index (χ0n) is 10.9. The molecule has 0 fully saturated rings. The summed E-state index contributed by atoms with van der Waals surface area (Å²) in [7, 11) is 1.87. The van der Waals surface area contributed by atoms with Crippen molar-refractivity contribution >= 4 is 17.3 Å². The van der Waals surface area contributed by atoms with Crippen LogP contribution in [0.25, 0.3) is 0 Å². The van der Waals surface area contributed by atoms with Gasteiger partial charge in [0.25, 0.3) is 5.69 Å². The van der Waals surface area contributed by atoms with Crippen LogP contribution in [0.2, 0.25) is 0 Å². The smallest absolute Gasteiger partial charge is 0.269 e. The molecule has 6 nitrogen and oxygen atoms in total. The summed E-state index contributed by atoms with van der Waals surface area (Å²) < 4.78 is 0. The number of hydrogen-bond acceptors (Lipinski definition) is 4. The molecule has 0 bridgehead atoms. The molecule has 1 aromatic rings. The summed E-state index contributed by atoms with van der Waals surface area (Å²) in [6.45, 7) is 1.48. The van der Waals surface area contributed by atoms with Gasteiger partial charge in [0, 0.05) is 30.8 Å². The van der Waals surface area contributed by atoms with Crippen molar-refractivity contribution in [3.05, 3.63) is 33.9 Å². The van der Waals surface area contributed by atoms with Gasteiger partial charge in [0.1, 0.15) is 0 Å². The van der Waals surface area contributed by atoms with Crippen molar-refractivity contribution in [1.29, 1.82) is 0 Å². The zero-order valence-corrected chi connectivity index (χ0v) is 10.9. The molecule has 1 amide bonds. The first-order valence-corrected chi connectivity index (χ1v) is 6.36. The minimum atomic E-state index is -0.401. The van der Waals surface area contributed by atoms with Gasteiger partial charge in [-0.05, 0) is 38.1 Å². The lowest BCUT2D eigenvalue weighted by Gasteiger charge is -2.29. The third-order valence-corrected chi connectivity index (χ3v) is 3.28. The van der Waals surface area contributed by atoms with Crippen LogP contribution in [0.15, 0.2) is 18.2 Å². The Hall–Kier alpha value is -1.95. The van der Waals surface area contributed by atoms with Crippen molar-refractivity contribution in [3.8, 4) is 0 Å². The summed E-state index contributed by atoms with van der Waals surface area (Å²) >= 11 is 0. The molecule has 6 heteroatoms. The van der Waals surface area contributed by atoms with Crippen LogP contribution in [0, 0.1) is 10.1 Å². The van der Waals surface area contributed by atoms with Crippen LogP contribution in [0.1, 0.15) is 18.4 Å². The number of non-ortho nitro benzene ring substituents is 1. The number of nitro groups is 1. The number of benzene rings is 1. The van der Waals surface area contributed by atoms with Crippen LogP contribution >= 0.6 is 0 Å². The van der Waals surface area contributed by atoms with Crippen molar-refractivity contribution in [2.45, 2.75) is 19.3 Å². The number of nitrogens with one attached hydrogen (secondary N) is 1. The highest BCUT2D eigenvalue weighted by atomic mass is 16.6. The number of fused-ring (bicyclic) bond motifs is 1. The van der Waals surface area contributed by atoms with E-state index in [0.717, 1.165) is 24.2 Å². The zero-order chi connectivity index (χ0) is 13.8. The van der Waals surface area contributed by atoms with Crippen molar-refractivity contribution in [1.82, 2.24) is 5.32 Å². The molecule has 0 saturated carbocycles. The normalized spacial score (nSPS) is 14.4. The number of hydrogen-bond donors (Lipinski definition) is 1. The van der Waals surface area contributed by atoms with Crippen LogP contribution < -0.4 is 10.2 Å². The fraction of sp³-hybridized carbons (Fsp3) is 0.462. The Labute approximate surface area is 111 Å². The lowest BCUT2D eigenvalue weighted by Crippen LogP contribution is -2.36. The van der Waals surface area contributed by atoms with E-state index in [-0.39, 0.29) is 11.6 Å². The van der Waals surface area contributed by atoms with Crippen molar-refractivity contribution in [2.75, 3.05) is 25.0 Å². The standard InChI is InChI=1S/C13H17N3O3/c1-14-7-2-8-15-12-5-4-11(16(18)19)9-10(12)3-6-13(15)17/h4-5,9,14H,2-3,6-8H2,1H3. The molecule has 0 aromatic heterocycles. The maximum Gasteiger partial charge on any atom is 0.269 e. The Balaban J connectivity index is 2.23. The average molecular weight is 263 g/mol. The van der Waals surface area contributed by atoms with Crippen LogP contribution in [0.4, 0.5) is 11.4 Å². The molecule has 0 atom stereocenters. The first-order chi connectivity index (χ1) is 9.13. The molecular formula is C13H17N3O3. The van der Waals surface area contributed by atoms with Gasteiger partial charge in [0.05, 0.1) is 4.92 Å². The van der Waals surface area contributed by atoms with Gasteiger partial charge in [-0.1, -0.05) is 0 Å². The molecule has 102 valence electrons. The number of nitrogens with zero attached hydrogens (tertiary/aromatic N) is 2. The molecule has 1 heterocycles. The van der Waals surface area contributed by atoms with Crippen LogP contribution in [0.3, 0.4) is 0 Å². The minimum Gasteiger partial charge on any atom is -0.320 e. The molecule has 1 aliphatic heterocycles. The fourth-order valence-corrected chi connectivity index (χ4v) is 2.32. The maximum absolute atomic E-state index is 11.9. The van der Waals surface area contributed by atoms with Gasteiger partial charge in [-0.25, -0.2) is 0 Å². The minimum absolute atomic E-state index is 0.0864. The van der Waals surface area contributed by atoms with Gasteiger partial charge in [0.2, 0.25) is 5.91 Å². The van der Waals surface area contributed by atoms with Crippen molar-refractivity contribution in [3.63, 3.8) is 0 Å². The van der Waals surface area contributed by atoms with E-state index in [1.165, 1.54) is 6.07 Å². The summed E-state index contributed by atoms with van der Waals surface area (Å²) in [6.07, 6.45) is 1.87. The second kappa shape index (κ2) is 5.79. The van der Waals surface area contributed by atoms with E-state index in [1.54, 1.807) is 17.0 Å². The Morgan fingerprint density at radius 2 is 2.21 bits per heavy atom. The lowest BCUT2D eigenvalue weighted by atomic mass is 10.0. The third kappa shape index (κ3) is 2.90. The predicted octanol–water partition coefficient (Wildman–Crippen LogP) is 1.48. The van der Waals surface area contributed by atoms with E-state index in [0.29, 0.717) is 19.4 Å². The quantitative estimate of drug-likeness (QED) is 0.496. The molecule has 1 N–H and O–H groups in total. The maximum atomic E-state index is 11.9. The molecular weight excluding hydrogens is 246 g/mol. The molecule has 0 aliphatic carbocycles. The van der Waals surface area contributed by atoms with Gasteiger partial charge in [-0.15, -0.1) is 0 Å². The summed E-state index contributed by atoms with van der Waals surface area (Å²) in [5.41, 5.74) is 1.79.